The highest BCUT2D eigenvalue weighted by Crippen LogP contribution is 2.30. The molecule has 36 heavy (non-hydrogen) atoms. The lowest BCUT2D eigenvalue weighted by atomic mass is 10.1. The maximum Gasteiger partial charge on any atom is 0.277 e. The Bertz CT molecular complexity index is 1320. The number of nitrogens with one attached hydrogen (secondary N) is 1. The lowest BCUT2D eigenvalue weighted by Gasteiger charge is -2.11. The van der Waals surface area contributed by atoms with E-state index in [1.165, 1.54) is 25.5 Å². The second-order valence-corrected chi connectivity index (χ2v) is 7.77. The Hall–Kier alpha value is -4.65. The Morgan fingerprint density at radius 2 is 1.61 bits per heavy atom. The number of ether oxygens (including phenoxy) is 3. The van der Waals surface area contributed by atoms with Crippen LogP contribution in [0.1, 0.15) is 11.1 Å². The minimum absolute atomic E-state index is 0.180. The van der Waals surface area contributed by atoms with E-state index >= 15 is 0 Å². The lowest BCUT2D eigenvalue weighted by molar-refractivity contribution is -0.123. The standard InChI is InChI=1S/C29H25FN2O4/c1-34-28-17-22(13-16-27(28)35-19-21-11-14-24(30)15-12-21)18-31-32-29(33)20-36-26-10-6-5-9-25(26)23-7-3-2-4-8-23/h2-18H,19-20H2,1H3,(H,32,33)/b31-18-. The number of methoxy groups -OCH3 is 1. The normalized spacial score (nSPS) is 10.7. The second kappa shape index (κ2) is 12.2. The number of carbonyl (C=O) groups is 1. The first-order valence-corrected chi connectivity index (χ1v) is 11.3. The topological polar surface area (TPSA) is 69.2 Å². The number of carbonyl (C=O) groups excluding carboxylic acids is 1. The van der Waals surface area contributed by atoms with E-state index in [4.69, 9.17) is 14.2 Å². The van der Waals surface area contributed by atoms with Crippen LogP contribution in [0.4, 0.5) is 4.39 Å². The van der Waals surface area contributed by atoms with Crippen LogP contribution in [0.3, 0.4) is 0 Å². The minimum atomic E-state index is -0.389. The predicted molar refractivity (Wildman–Crippen MR) is 137 cm³/mol. The Morgan fingerprint density at radius 1 is 0.861 bits per heavy atom. The van der Waals surface area contributed by atoms with Gasteiger partial charge in [-0.05, 0) is 53.1 Å². The molecule has 0 aromatic heterocycles. The van der Waals surface area contributed by atoms with Crippen molar-refractivity contribution in [3.8, 4) is 28.4 Å². The Morgan fingerprint density at radius 3 is 2.39 bits per heavy atom. The van der Waals surface area contributed by atoms with Crippen molar-refractivity contribution in [2.45, 2.75) is 6.61 Å². The average Bonchev–Trinajstić information content (AvgIpc) is 2.92. The van der Waals surface area contributed by atoms with Gasteiger partial charge in [0, 0.05) is 5.56 Å². The van der Waals surface area contributed by atoms with Crippen LogP contribution in [-0.2, 0) is 11.4 Å². The maximum absolute atomic E-state index is 13.1. The molecule has 0 aliphatic carbocycles. The highest BCUT2D eigenvalue weighted by molar-refractivity contribution is 5.84. The van der Waals surface area contributed by atoms with E-state index in [2.05, 4.69) is 10.5 Å². The fourth-order valence-corrected chi connectivity index (χ4v) is 3.43. The van der Waals surface area contributed by atoms with E-state index in [0.717, 1.165) is 16.7 Å². The van der Waals surface area contributed by atoms with Gasteiger partial charge < -0.3 is 14.2 Å². The Labute approximate surface area is 209 Å². The number of hydrogen-bond donors (Lipinski definition) is 1. The molecule has 6 nitrogen and oxygen atoms in total. The van der Waals surface area contributed by atoms with Crippen LogP contribution in [0.5, 0.6) is 17.2 Å². The van der Waals surface area contributed by atoms with Crippen molar-refractivity contribution in [2.75, 3.05) is 13.7 Å². The molecule has 0 fully saturated rings. The molecule has 0 heterocycles. The first kappa shape index (κ1) is 24.5. The number of hydrogen-bond acceptors (Lipinski definition) is 5. The van der Waals surface area contributed by atoms with Crippen molar-refractivity contribution in [1.82, 2.24) is 5.43 Å². The summed E-state index contributed by atoms with van der Waals surface area (Å²) in [7, 11) is 1.54. The molecule has 0 radical (unpaired) electrons. The van der Waals surface area contributed by atoms with Gasteiger partial charge in [0.25, 0.3) is 5.91 Å². The largest absolute Gasteiger partial charge is 0.493 e. The third-order valence-corrected chi connectivity index (χ3v) is 5.23. The van der Waals surface area contributed by atoms with Crippen LogP contribution in [-0.4, -0.2) is 25.8 Å². The van der Waals surface area contributed by atoms with E-state index in [0.29, 0.717) is 22.8 Å². The number of amides is 1. The third-order valence-electron chi connectivity index (χ3n) is 5.23. The summed E-state index contributed by atoms with van der Waals surface area (Å²) in [5, 5.41) is 4.00. The lowest BCUT2D eigenvalue weighted by Crippen LogP contribution is -2.24. The summed E-state index contributed by atoms with van der Waals surface area (Å²) < 4.78 is 30.0. The fourth-order valence-electron chi connectivity index (χ4n) is 3.43. The summed E-state index contributed by atoms with van der Waals surface area (Å²) in [6, 6.07) is 28.7. The van der Waals surface area contributed by atoms with Crippen molar-refractivity contribution in [3.63, 3.8) is 0 Å². The van der Waals surface area contributed by atoms with Gasteiger partial charge in [-0.15, -0.1) is 0 Å². The molecular weight excluding hydrogens is 459 g/mol. The number of benzene rings is 4. The molecule has 0 aliphatic heterocycles. The van der Waals surface area contributed by atoms with E-state index in [1.54, 1.807) is 30.3 Å². The van der Waals surface area contributed by atoms with Gasteiger partial charge in [0.1, 0.15) is 18.2 Å². The Kier molecular flexibility index (Phi) is 8.27. The zero-order valence-corrected chi connectivity index (χ0v) is 19.7. The SMILES string of the molecule is COc1cc(/C=N\NC(=O)COc2ccccc2-c2ccccc2)ccc1OCc1ccc(F)cc1. The Balaban J connectivity index is 1.31. The molecule has 0 saturated heterocycles. The highest BCUT2D eigenvalue weighted by Gasteiger charge is 2.09. The van der Waals surface area contributed by atoms with Gasteiger partial charge in [-0.2, -0.15) is 5.10 Å². The van der Waals surface area contributed by atoms with Crippen LogP contribution in [0.15, 0.2) is 102 Å². The molecule has 7 heteroatoms. The van der Waals surface area contributed by atoms with E-state index < -0.39 is 0 Å². The zero-order chi connectivity index (χ0) is 25.2. The summed E-state index contributed by atoms with van der Waals surface area (Å²) in [5.74, 6) is 0.974. The summed E-state index contributed by atoms with van der Waals surface area (Å²) in [4.78, 5) is 12.3. The van der Waals surface area contributed by atoms with Crippen LogP contribution in [0, 0.1) is 5.82 Å². The number of nitrogens with zero attached hydrogens (tertiary/aromatic N) is 1. The predicted octanol–water partition coefficient (Wildman–Crippen LogP) is 5.61. The summed E-state index contributed by atoms with van der Waals surface area (Å²) >= 11 is 0. The van der Waals surface area contributed by atoms with Gasteiger partial charge in [-0.25, -0.2) is 9.82 Å². The van der Waals surface area contributed by atoms with Crippen molar-refractivity contribution in [3.05, 3.63) is 114 Å². The van der Waals surface area contributed by atoms with Crippen LogP contribution in [0.2, 0.25) is 0 Å². The molecule has 182 valence electrons. The minimum Gasteiger partial charge on any atom is -0.493 e. The number of rotatable bonds is 10. The number of hydrazone groups is 1. The molecule has 0 atom stereocenters. The monoisotopic (exact) mass is 484 g/mol. The quantitative estimate of drug-likeness (QED) is 0.235. The molecule has 0 spiro atoms. The number of para-hydroxylation sites is 1. The smallest absolute Gasteiger partial charge is 0.277 e. The summed E-state index contributed by atoms with van der Waals surface area (Å²) in [5.41, 5.74) is 5.92. The van der Waals surface area contributed by atoms with Crippen molar-refractivity contribution in [1.29, 1.82) is 0 Å². The second-order valence-electron chi connectivity index (χ2n) is 7.77. The van der Waals surface area contributed by atoms with E-state index in [1.807, 2.05) is 54.6 Å². The van der Waals surface area contributed by atoms with Gasteiger partial charge >= 0.3 is 0 Å². The highest BCUT2D eigenvalue weighted by atomic mass is 19.1. The van der Waals surface area contributed by atoms with Gasteiger partial charge in [0.2, 0.25) is 0 Å². The van der Waals surface area contributed by atoms with Gasteiger partial charge in [0.15, 0.2) is 18.1 Å². The molecule has 1 N–H and O–H groups in total. The molecule has 0 saturated carbocycles. The molecule has 0 unspecified atom stereocenters. The maximum atomic E-state index is 13.1. The van der Waals surface area contributed by atoms with Crippen LogP contribution in [0.25, 0.3) is 11.1 Å². The van der Waals surface area contributed by atoms with E-state index in [-0.39, 0.29) is 24.9 Å². The van der Waals surface area contributed by atoms with E-state index in [9.17, 15) is 9.18 Å². The molecule has 4 aromatic rings. The molecule has 4 aromatic carbocycles. The first-order chi connectivity index (χ1) is 17.6. The van der Waals surface area contributed by atoms with Crippen LogP contribution < -0.4 is 19.6 Å². The van der Waals surface area contributed by atoms with Gasteiger partial charge in [-0.3, -0.25) is 4.79 Å². The third kappa shape index (κ3) is 6.70. The first-order valence-electron chi connectivity index (χ1n) is 11.3. The molecule has 1 amide bonds. The average molecular weight is 485 g/mol. The zero-order valence-electron chi connectivity index (χ0n) is 19.7. The summed E-state index contributed by atoms with van der Waals surface area (Å²) in [6.45, 7) is 0.0915. The molecule has 0 aliphatic rings. The summed E-state index contributed by atoms with van der Waals surface area (Å²) in [6.07, 6.45) is 1.50. The molecule has 0 bridgehead atoms. The molecular formula is C29H25FN2O4. The van der Waals surface area contributed by atoms with Crippen molar-refractivity contribution < 1.29 is 23.4 Å². The van der Waals surface area contributed by atoms with Crippen molar-refractivity contribution in [2.24, 2.45) is 5.10 Å². The van der Waals surface area contributed by atoms with Gasteiger partial charge in [0.05, 0.1) is 13.3 Å². The fraction of sp³-hybridized carbons (Fsp3) is 0.103. The van der Waals surface area contributed by atoms with Gasteiger partial charge in [-0.1, -0.05) is 60.7 Å². The van der Waals surface area contributed by atoms with Crippen molar-refractivity contribution >= 4 is 12.1 Å². The van der Waals surface area contributed by atoms with Crippen LogP contribution >= 0.6 is 0 Å². The molecule has 4 rings (SSSR count). The number of halogens is 1.